The van der Waals surface area contributed by atoms with Crippen LogP contribution < -0.4 is 10.6 Å². The van der Waals surface area contributed by atoms with Crippen molar-refractivity contribution in [3.8, 4) is 0 Å². The molecule has 8 nitrogen and oxygen atoms in total. The van der Waals surface area contributed by atoms with Crippen molar-refractivity contribution in [1.82, 2.24) is 4.98 Å². The zero-order chi connectivity index (χ0) is 13.3. The first-order chi connectivity index (χ1) is 8.50. The third-order valence-electron chi connectivity index (χ3n) is 2.92. The van der Waals surface area contributed by atoms with Crippen LogP contribution in [-0.4, -0.2) is 33.6 Å². The van der Waals surface area contributed by atoms with E-state index in [4.69, 9.17) is 10.8 Å². The Labute approximate surface area is 102 Å². The van der Waals surface area contributed by atoms with Gasteiger partial charge in [-0.25, -0.2) is 9.78 Å². The fourth-order valence-electron chi connectivity index (χ4n) is 2.07. The van der Waals surface area contributed by atoms with Crippen LogP contribution >= 0.6 is 0 Å². The maximum Gasteiger partial charge on any atom is 0.326 e. The summed E-state index contributed by atoms with van der Waals surface area (Å²) in [5, 5.41) is 19.7. The van der Waals surface area contributed by atoms with E-state index in [0.29, 0.717) is 18.8 Å². The highest BCUT2D eigenvalue weighted by molar-refractivity contribution is 5.78. The number of nitrogen functional groups attached to an aromatic ring is 1. The topological polar surface area (TPSA) is 123 Å². The molecule has 1 saturated heterocycles. The molecule has 0 spiro atoms. The molecule has 1 fully saturated rings. The van der Waals surface area contributed by atoms with E-state index in [1.807, 2.05) is 0 Å². The number of carboxylic acids is 1. The highest BCUT2D eigenvalue weighted by Gasteiger charge is 2.32. The van der Waals surface area contributed by atoms with Crippen LogP contribution in [0.5, 0.6) is 0 Å². The fraction of sp³-hybridized carbons (Fsp3) is 0.400. The molecule has 2 rings (SSSR count). The number of nitrogens with two attached hydrogens (primary N) is 1. The highest BCUT2D eigenvalue weighted by Crippen LogP contribution is 2.28. The molecule has 2 heterocycles. The van der Waals surface area contributed by atoms with Crippen LogP contribution in [0.2, 0.25) is 0 Å². The van der Waals surface area contributed by atoms with E-state index in [1.54, 1.807) is 4.90 Å². The van der Waals surface area contributed by atoms with E-state index in [-0.39, 0.29) is 11.5 Å². The van der Waals surface area contributed by atoms with Gasteiger partial charge in [0, 0.05) is 12.6 Å². The van der Waals surface area contributed by atoms with Crippen molar-refractivity contribution in [3.05, 3.63) is 22.2 Å². The summed E-state index contributed by atoms with van der Waals surface area (Å²) in [6.45, 7) is 0.557. The number of nitrogens with zero attached hydrogens (tertiary/aromatic N) is 3. The van der Waals surface area contributed by atoms with Crippen molar-refractivity contribution >= 4 is 23.3 Å². The minimum absolute atomic E-state index is 0.200. The first-order valence-corrected chi connectivity index (χ1v) is 5.41. The van der Waals surface area contributed by atoms with Crippen LogP contribution in [0.1, 0.15) is 12.8 Å². The summed E-state index contributed by atoms with van der Waals surface area (Å²) in [7, 11) is 0. The maximum absolute atomic E-state index is 11.0. The molecule has 1 atom stereocenters. The van der Waals surface area contributed by atoms with Gasteiger partial charge in [-0.1, -0.05) is 0 Å². The Bertz CT molecular complexity index is 505. The van der Waals surface area contributed by atoms with Gasteiger partial charge in [-0.15, -0.1) is 0 Å². The zero-order valence-electron chi connectivity index (χ0n) is 9.44. The van der Waals surface area contributed by atoms with Crippen molar-refractivity contribution in [2.75, 3.05) is 17.2 Å². The van der Waals surface area contributed by atoms with Gasteiger partial charge in [-0.2, -0.15) is 0 Å². The minimum Gasteiger partial charge on any atom is -0.480 e. The van der Waals surface area contributed by atoms with Crippen LogP contribution in [0.4, 0.5) is 17.3 Å². The Morgan fingerprint density at radius 1 is 1.61 bits per heavy atom. The lowest BCUT2D eigenvalue weighted by molar-refractivity contribution is -0.384. The standard InChI is InChI=1S/C10H12N4O4/c11-9-6(14(17)18)3-4-8(12-9)13-5-1-2-7(13)10(15)16/h3-4,7H,1-2,5H2,(H2,11,12)(H,15,16). The van der Waals surface area contributed by atoms with Crippen molar-refractivity contribution in [1.29, 1.82) is 0 Å². The van der Waals surface area contributed by atoms with Crippen LogP contribution in [-0.2, 0) is 4.79 Å². The molecular weight excluding hydrogens is 240 g/mol. The Hall–Kier alpha value is -2.38. The smallest absolute Gasteiger partial charge is 0.326 e. The largest absolute Gasteiger partial charge is 0.480 e. The normalized spacial score (nSPS) is 18.9. The highest BCUT2D eigenvalue weighted by atomic mass is 16.6. The number of aromatic nitrogens is 1. The molecule has 0 radical (unpaired) electrons. The number of anilines is 2. The van der Waals surface area contributed by atoms with Gasteiger partial charge >= 0.3 is 11.7 Å². The molecule has 0 aliphatic carbocycles. The molecule has 18 heavy (non-hydrogen) atoms. The molecule has 8 heteroatoms. The molecule has 3 N–H and O–H groups in total. The Balaban J connectivity index is 2.32. The summed E-state index contributed by atoms with van der Waals surface area (Å²) in [4.78, 5) is 26.5. The Morgan fingerprint density at radius 2 is 2.33 bits per heavy atom. The Morgan fingerprint density at radius 3 is 2.89 bits per heavy atom. The summed E-state index contributed by atoms with van der Waals surface area (Å²) >= 11 is 0. The van der Waals surface area contributed by atoms with E-state index < -0.39 is 16.9 Å². The van der Waals surface area contributed by atoms with Crippen molar-refractivity contribution in [2.45, 2.75) is 18.9 Å². The lowest BCUT2D eigenvalue weighted by Gasteiger charge is -2.22. The van der Waals surface area contributed by atoms with E-state index in [1.165, 1.54) is 12.1 Å². The van der Waals surface area contributed by atoms with Crippen molar-refractivity contribution in [3.63, 3.8) is 0 Å². The summed E-state index contributed by atoms with van der Waals surface area (Å²) < 4.78 is 0. The van der Waals surface area contributed by atoms with Crippen LogP contribution in [0.3, 0.4) is 0 Å². The summed E-state index contributed by atoms with van der Waals surface area (Å²) in [6.07, 6.45) is 1.28. The van der Waals surface area contributed by atoms with E-state index in [0.717, 1.165) is 6.42 Å². The molecule has 0 aromatic carbocycles. The molecular formula is C10H12N4O4. The SMILES string of the molecule is Nc1nc(N2CCCC2C(=O)O)ccc1[N+](=O)[O-]. The maximum atomic E-state index is 11.0. The predicted octanol–water partition coefficient (Wildman–Crippen LogP) is 0.625. The monoisotopic (exact) mass is 252 g/mol. The predicted molar refractivity (Wildman–Crippen MR) is 63.3 cm³/mol. The zero-order valence-corrected chi connectivity index (χ0v) is 9.44. The van der Waals surface area contributed by atoms with E-state index in [2.05, 4.69) is 4.98 Å². The molecule has 1 aliphatic heterocycles. The number of aliphatic carboxylic acids is 1. The molecule has 96 valence electrons. The van der Waals surface area contributed by atoms with E-state index >= 15 is 0 Å². The van der Waals surface area contributed by atoms with Gasteiger partial charge in [0.05, 0.1) is 4.92 Å². The van der Waals surface area contributed by atoms with Gasteiger partial charge < -0.3 is 15.7 Å². The number of carboxylic acid groups (broad SMARTS) is 1. The van der Waals surface area contributed by atoms with Gasteiger partial charge in [-0.05, 0) is 18.9 Å². The third kappa shape index (κ3) is 2.04. The first-order valence-electron chi connectivity index (χ1n) is 5.41. The van der Waals surface area contributed by atoms with Crippen molar-refractivity contribution in [2.24, 2.45) is 0 Å². The summed E-state index contributed by atoms with van der Waals surface area (Å²) in [5.41, 5.74) is 5.21. The number of rotatable bonds is 3. The molecule has 0 bridgehead atoms. The van der Waals surface area contributed by atoms with Gasteiger partial charge in [0.25, 0.3) is 0 Å². The number of pyridine rings is 1. The van der Waals surface area contributed by atoms with Crippen LogP contribution in [0, 0.1) is 10.1 Å². The molecule has 1 aromatic rings. The summed E-state index contributed by atoms with van der Waals surface area (Å²) in [5.74, 6) is -0.761. The van der Waals surface area contributed by atoms with Crippen molar-refractivity contribution < 1.29 is 14.8 Å². The number of hydrogen-bond donors (Lipinski definition) is 2. The average molecular weight is 252 g/mol. The summed E-state index contributed by atoms with van der Waals surface area (Å²) in [6, 6.07) is 2.03. The number of nitro groups is 1. The molecule has 1 aliphatic rings. The van der Waals surface area contributed by atoms with E-state index in [9.17, 15) is 14.9 Å². The second-order valence-electron chi connectivity index (χ2n) is 4.02. The molecule has 0 amide bonds. The van der Waals surface area contributed by atoms with Crippen LogP contribution in [0.25, 0.3) is 0 Å². The number of hydrogen-bond acceptors (Lipinski definition) is 6. The molecule has 1 aromatic heterocycles. The van der Waals surface area contributed by atoms with Gasteiger partial charge in [0.2, 0.25) is 5.82 Å². The van der Waals surface area contributed by atoms with Gasteiger partial charge in [0.1, 0.15) is 11.9 Å². The molecule has 1 unspecified atom stereocenters. The fourth-order valence-corrected chi connectivity index (χ4v) is 2.07. The lowest BCUT2D eigenvalue weighted by atomic mass is 10.2. The quantitative estimate of drug-likeness (QED) is 0.597. The molecule has 0 saturated carbocycles. The third-order valence-corrected chi connectivity index (χ3v) is 2.92. The Kier molecular flexibility index (Phi) is 3.00. The van der Waals surface area contributed by atoms with Gasteiger partial charge in [-0.3, -0.25) is 10.1 Å². The average Bonchev–Trinajstić information content (AvgIpc) is 2.77. The lowest BCUT2D eigenvalue weighted by Crippen LogP contribution is -2.36. The van der Waals surface area contributed by atoms with Crippen LogP contribution in [0.15, 0.2) is 12.1 Å². The second-order valence-corrected chi connectivity index (χ2v) is 4.02. The number of carbonyl (C=O) groups is 1. The van der Waals surface area contributed by atoms with Gasteiger partial charge in [0.15, 0.2) is 0 Å². The first kappa shape index (κ1) is 12.1. The second kappa shape index (κ2) is 4.47. The minimum atomic E-state index is -0.925.